The predicted molar refractivity (Wildman–Crippen MR) is 130 cm³/mol. The second kappa shape index (κ2) is 8.11. The number of carbonyl (C=O) groups is 1. The van der Waals surface area contributed by atoms with Gasteiger partial charge in [-0.2, -0.15) is 0 Å². The molecule has 32 heavy (non-hydrogen) atoms. The zero-order chi connectivity index (χ0) is 23.3. The molecular formula is C29H38O3. The standard InChI is InChI=1S/C29H38O3/c1-6-27(4)18-23(30)28(5)19(2)15-16-29(20(3)26(27)32)17-22(24(31)25(28)29)14-10-13-21-11-8-7-9-12-21/h6-14,19-20,23,25-26,30,32H,1,15-18H2,2-5H3/b13-10+,22-14+/t19-,20+,23-,25+,26+,27-,28+,29+/m1/s1. The summed E-state index contributed by atoms with van der Waals surface area (Å²) >= 11 is 0. The molecule has 0 spiro atoms. The van der Waals surface area contributed by atoms with Crippen LogP contribution in [0.15, 0.2) is 60.7 Å². The van der Waals surface area contributed by atoms with Gasteiger partial charge in [-0.05, 0) is 54.1 Å². The van der Waals surface area contributed by atoms with Gasteiger partial charge in [-0.25, -0.2) is 0 Å². The van der Waals surface area contributed by atoms with Crippen LogP contribution in [0.2, 0.25) is 0 Å². The first-order valence-corrected chi connectivity index (χ1v) is 12.1. The van der Waals surface area contributed by atoms with E-state index in [2.05, 4.69) is 27.4 Å². The molecule has 172 valence electrons. The van der Waals surface area contributed by atoms with E-state index in [1.807, 2.05) is 61.6 Å². The van der Waals surface area contributed by atoms with Crippen LogP contribution in [0.1, 0.15) is 58.9 Å². The summed E-state index contributed by atoms with van der Waals surface area (Å²) in [6.45, 7) is 12.4. The lowest BCUT2D eigenvalue weighted by molar-refractivity contribution is -0.191. The first-order chi connectivity index (χ1) is 15.1. The third-order valence-corrected chi connectivity index (χ3v) is 9.66. The molecule has 0 saturated heterocycles. The Bertz CT molecular complexity index is 946. The first-order valence-electron chi connectivity index (χ1n) is 12.1. The Labute approximate surface area is 192 Å². The number of benzene rings is 1. The maximum atomic E-state index is 13.9. The average molecular weight is 435 g/mol. The van der Waals surface area contributed by atoms with E-state index < -0.39 is 23.0 Å². The molecule has 3 nitrogen and oxygen atoms in total. The van der Waals surface area contributed by atoms with E-state index in [1.54, 1.807) is 0 Å². The van der Waals surface area contributed by atoms with E-state index in [1.165, 1.54) is 0 Å². The summed E-state index contributed by atoms with van der Waals surface area (Å²) in [5.41, 5.74) is 0.482. The molecule has 0 heterocycles. The van der Waals surface area contributed by atoms with Gasteiger partial charge < -0.3 is 10.2 Å². The average Bonchev–Trinajstić information content (AvgIpc) is 3.08. The third kappa shape index (κ3) is 3.28. The van der Waals surface area contributed by atoms with Crippen molar-refractivity contribution in [1.29, 1.82) is 0 Å². The highest BCUT2D eigenvalue weighted by molar-refractivity contribution is 6.01. The largest absolute Gasteiger partial charge is 0.392 e. The summed E-state index contributed by atoms with van der Waals surface area (Å²) in [7, 11) is 0. The maximum absolute atomic E-state index is 13.9. The van der Waals surface area contributed by atoms with Crippen LogP contribution in [0.3, 0.4) is 0 Å². The van der Waals surface area contributed by atoms with Crippen molar-refractivity contribution in [2.75, 3.05) is 0 Å². The predicted octanol–water partition coefficient (Wildman–Crippen LogP) is 5.59. The quantitative estimate of drug-likeness (QED) is 0.481. The van der Waals surface area contributed by atoms with Gasteiger partial charge in [0, 0.05) is 16.7 Å². The molecule has 0 aromatic heterocycles. The summed E-state index contributed by atoms with van der Waals surface area (Å²) in [5, 5.41) is 23.0. The highest BCUT2D eigenvalue weighted by Crippen LogP contribution is 2.68. The van der Waals surface area contributed by atoms with Gasteiger partial charge in [-0.1, -0.05) is 82.3 Å². The van der Waals surface area contributed by atoms with Gasteiger partial charge in [0.25, 0.3) is 0 Å². The lowest BCUT2D eigenvalue weighted by Gasteiger charge is -2.61. The van der Waals surface area contributed by atoms with Gasteiger partial charge in [0.15, 0.2) is 5.78 Å². The van der Waals surface area contributed by atoms with Crippen LogP contribution in [-0.2, 0) is 4.79 Å². The molecule has 1 aromatic rings. The normalized spacial score (nSPS) is 45.5. The molecule has 0 unspecified atom stereocenters. The molecule has 3 fully saturated rings. The molecule has 3 saturated carbocycles. The minimum atomic E-state index is -0.671. The van der Waals surface area contributed by atoms with Gasteiger partial charge in [0.2, 0.25) is 0 Å². The third-order valence-electron chi connectivity index (χ3n) is 9.66. The number of hydrogen-bond donors (Lipinski definition) is 2. The number of allylic oxidation sites excluding steroid dienone is 3. The highest BCUT2D eigenvalue weighted by Gasteiger charge is 2.68. The van der Waals surface area contributed by atoms with E-state index in [-0.39, 0.29) is 29.0 Å². The van der Waals surface area contributed by atoms with Crippen LogP contribution >= 0.6 is 0 Å². The minimum absolute atomic E-state index is 0.0669. The fourth-order valence-electron chi connectivity index (χ4n) is 7.21. The monoisotopic (exact) mass is 434 g/mol. The van der Waals surface area contributed by atoms with Crippen LogP contribution in [-0.4, -0.2) is 28.2 Å². The number of Topliss-reactive ketones (excluding diaryl/α,β-unsaturated/α-hetero) is 1. The van der Waals surface area contributed by atoms with Gasteiger partial charge in [0.05, 0.1) is 12.2 Å². The summed E-state index contributed by atoms with van der Waals surface area (Å²) in [6, 6.07) is 10.1. The summed E-state index contributed by atoms with van der Waals surface area (Å²) in [6.07, 6.45) is 9.41. The number of rotatable bonds is 3. The van der Waals surface area contributed by atoms with Gasteiger partial charge in [-0.3, -0.25) is 4.79 Å². The van der Waals surface area contributed by atoms with Crippen molar-refractivity contribution in [3.05, 3.63) is 66.3 Å². The van der Waals surface area contributed by atoms with Crippen LogP contribution in [0.4, 0.5) is 0 Å². The van der Waals surface area contributed by atoms with E-state index in [0.29, 0.717) is 12.8 Å². The summed E-state index contributed by atoms with van der Waals surface area (Å²) < 4.78 is 0. The Balaban J connectivity index is 1.80. The van der Waals surface area contributed by atoms with E-state index in [9.17, 15) is 15.0 Å². The van der Waals surface area contributed by atoms with Gasteiger partial charge in [0.1, 0.15) is 0 Å². The Morgan fingerprint density at radius 3 is 2.47 bits per heavy atom. The van der Waals surface area contributed by atoms with E-state index in [0.717, 1.165) is 24.0 Å². The second-order valence-corrected chi connectivity index (χ2v) is 11.1. The number of aliphatic hydroxyl groups is 2. The molecule has 0 radical (unpaired) electrons. The second-order valence-electron chi connectivity index (χ2n) is 11.1. The van der Waals surface area contributed by atoms with Crippen molar-refractivity contribution >= 4 is 11.9 Å². The molecule has 4 rings (SSSR count). The van der Waals surface area contributed by atoms with Crippen molar-refractivity contribution in [3.63, 3.8) is 0 Å². The molecule has 3 aliphatic rings. The number of aliphatic hydroxyl groups excluding tert-OH is 2. The Morgan fingerprint density at radius 2 is 1.81 bits per heavy atom. The Kier molecular flexibility index (Phi) is 5.88. The number of carbonyl (C=O) groups excluding carboxylic acids is 1. The van der Waals surface area contributed by atoms with Crippen LogP contribution in [0.25, 0.3) is 6.08 Å². The number of ketones is 1. The first kappa shape index (κ1) is 23.2. The van der Waals surface area contributed by atoms with Crippen LogP contribution in [0, 0.1) is 34.0 Å². The molecular weight excluding hydrogens is 396 g/mol. The van der Waals surface area contributed by atoms with Crippen LogP contribution < -0.4 is 0 Å². The molecule has 3 aliphatic carbocycles. The molecule has 2 bridgehead atoms. The molecule has 3 heteroatoms. The topological polar surface area (TPSA) is 57.5 Å². The smallest absolute Gasteiger partial charge is 0.163 e. The van der Waals surface area contributed by atoms with Gasteiger partial charge >= 0.3 is 0 Å². The van der Waals surface area contributed by atoms with Gasteiger partial charge in [-0.15, -0.1) is 6.58 Å². The molecule has 2 N–H and O–H groups in total. The fraction of sp³-hybridized carbons (Fsp3) is 0.552. The zero-order valence-electron chi connectivity index (χ0n) is 19.9. The summed E-state index contributed by atoms with van der Waals surface area (Å²) in [5.74, 6) is 0.0549. The highest BCUT2D eigenvalue weighted by atomic mass is 16.3. The Hall–Kier alpha value is -1.97. The summed E-state index contributed by atoms with van der Waals surface area (Å²) in [4.78, 5) is 13.9. The van der Waals surface area contributed by atoms with Crippen molar-refractivity contribution < 1.29 is 15.0 Å². The molecule has 0 aliphatic heterocycles. The van der Waals surface area contributed by atoms with Crippen molar-refractivity contribution in [3.8, 4) is 0 Å². The lowest BCUT2D eigenvalue weighted by atomic mass is 9.44. The van der Waals surface area contributed by atoms with Crippen molar-refractivity contribution in [1.82, 2.24) is 0 Å². The van der Waals surface area contributed by atoms with E-state index >= 15 is 0 Å². The van der Waals surface area contributed by atoms with Crippen molar-refractivity contribution in [2.24, 2.45) is 34.0 Å². The Morgan fingerprint density at radius 1 is 1.12 bits per heavy atom. The molecule has 1 aromatic carbocycles. The van der Waals surface area contributed by atoms with E-state index in [4.69, 9.17) is 0 Å². The van der Waals surface area contributed by atoms with Crippen molar-refractivity contribution in [2.45, 2.75) is 65.6 Å². The zero-order valence-corrected chi connectivity index (χ0v) is 19.9. The number of hydrogen-bond acceptors (Lipinski definition) is 3. The molecule has 0 amide bonds. The molecule has 8 atom stereocenters. The SMILES string of the molecule is C=C[C@]1(C)C[C@@H](O)[C@]2(C)[C@H](C)CC[C@]3(C/C(=C\C=C\c4ccccc4)C(=O)[C@H]32)[C@@H](C)[C@@H]1O. The lowest BCUT2D eigenvalue weighted by Crippen LogP contribution is -2.62. The minimum Gasteiger partial charge on any atom is -0.392 e. The maximum Gasteiger partial charge on any atom is 0.163 e. The van der Waals surface area contributed by atoms with Crippen LogP contribution in [0.5, 0.6) is 0 Å². The fourth-order valence-corrected chi connectivity index (χ4v) is 7.21.